The number of pyridine rings is 1. The number of carbonyl (C=O) groups is 2. The maximum Gasteiger partial charge on any atom is 0.261 e. The van der Waals surface area contributed by atoms with Gasteiger partial charge in [0.2, 0.25) is 5.91 Å². The van der Waals surface area contributed by atoms with Crippen molar-refractivity contribution in [2.45, 2.75) is 57.7 Å². The monoisotopic (exact) mass is 599 g/mol. The number of unbranched alkanes of at least 4 members (excludes halogenated alkanes) is 1. The second kappa shape index (κ2) is 11.7. The molecule has 0 bridgehead atoms. The molecule has 1 aromatic heterocycles. The predicted octanol–water partition coefficient (Wildman–Crippen LogP) is 4.57. The second-order valence-electron chi connectivity index (χ2n) is 12.0. The van der Waals surface area contributed by atoms with Crippen molar-refractivity contribution in [3.8, 4) is 22.8 Å². The number of carbonyl (C=O) groups excluding carboxylic acids is 2. The van der Waals surface area contributed by atoms with E-state index < -0.39 is 17.4 Å². The smallest absolute Gasteiger partial charge is 0.261 e. The molecule has 226 valence electrons. The Morgan fingerprint density at radius 2 is 2.07 bits per heavy atom. The third-order valence-electron chi connectivity index (χ3n) is 8.77. The van der Waals surface area contributed by atoms with Gasteiger partial charge in [-0.05, 0) is 58.5 Å². The molecular weight excluding hydrogens is 561 g/mol. The van der Waals surface area contributed by atoms with Gasteiger partial charge in [0.1, 0.15) is 40.3 Å². The Labute approximate surface area is 251 Å². The average Bonchev–Trinajstić information content (AvgIpc) is 3.20. The molecule has 2 fully saturated rings. The predicted molar refractivity (Wildman–Crippen MR) is 161 cm³/mol. The number of likely N-dealkylation sites (N-methyl/N-ethyl adjacent to an activating group) is 1. The number of halogens is 2. The highest BCUT2D eigenvalue weighted by molar-refractivity contribution is 6.35. The molecule has 0 aliphatic carbocycles. The Bertz CT molecular complexity index is 1380. The summed E-state index contributed by atoms with van der Waals surface area (Å²) >= 11 is 6.89. The molecule has 4 heterocycles. The minimum atomic E-state index is -0.691. The highest BCUT2D eigenvalue weighted by Gasteiger charge is 2.46. The van der Waals surface area contributed by atoms with Crippen molar-refractivity contribution in [3.63, 3.8) is 0 Å². The fraction of sp³-hybridized carbons (Fsp3) is 0.516. The number of benzene rings is 1. The zero-order valence-electron chi connectivity index (χ0n) is 24.7. The molecular formula is C31H39ClFN5O4. The van der Waals surface area contributed by atoms with Crippen LogP contribution in [0, 0.1) is 5.82 Å². The van der Waals surface area contributed by atoms with Crippen LogP contribution in [-0.4, -0.2) is 101 Å². The molecule has 0 spiro atoms. The van der Waals surface area contributed by atoms with Gasteiger partial charge < -0.3 is 29.4 Å². The van der Waals surface area contributed by atoms with Crippen LogP contribution in [0.2, 0.25) is 5.02 Å². The van der Waals surface area contributed by atoms with Crippen molar-refractivity contribution in [1.82, 2.24) is 19.7 Å². The number of fused-ring (bicyclic) bond motifs is 2. The Balaban J connectivity index is 1.65. The number of aromatic nitrogens is 1. The molecule has 42 heavy (non-hydrogen) atoms. The maximum atomic E-state index is 15.2. The number of piperazine rings is 1. The van der Waals surface area contributed by atoms with Gasteiger partial charge in [-0.25, -0.2) is 9.37 Å². The Morgan fingerprint density at radius 1 is 1.31 bits per heavy atom. The lowest BCUT2D eigenvalue weighted by atomic mass is 9.98. The van der Waals surface area contributed by atoms with Crippen molar-refractivity contribution in [1.29, 1.82) is 0 Å². The molecule has 2 saturated heterocycles. The third-order valence-corrected chi connectivity index (χ3v) is 9.12. The van der Waals surface area contributed by atoms with Gasteiger partial charge >= 0.3 is 0 Å². The molecule has 5 rings (SSSR count). The van der Waals surface area contributed by atoms with Crippen molar-refractivity contribution in [2.75, 3.05) is 51.3 Å². The van der Waals surface area contributed by atoms with Gasteiger partial charge in [0.15, 0.2) is 5.75 Å². The number of aromatic hydroxyl groups is 1. The zero-order valence-corrected chi connectivity index (χ0v) is 25.5. The highest BCUT2D eigenvalue weighted by atomic mass is 35.5. The molecule has 2 amide bonds. The van der Waals surface area contributed by atoms with Gasteiger partial charge in [-0.15, -0.1) is 0 Å². The summed E-state index contributed by atoms with van der Waals surface area (Å²) in [4.78, 5) is 39.4. The van der Waals surface area contributed by atoms with E-state index in [1.807, 2.05) is 0 Å². The fourth-order valence-electron chi connectivity index (χ4n) is 6.35. The minimum Gasteiger partial charge on any atom is -0.507 e. The SMILES string of the molecule is C=CC(=O)N1CCN2C(=O)c3c(N4CC(N(C)CCCC)CC4(C)C)nc(-c4c(O)cccc4F)c(Cl)c3OCC2C1. The van der Waals surface area contributed by atoms with Crippen LogP contribution >= 0.6 is 11.6 Å². The molecule has 0 radical (unpaired) electrons. The number of nitrogens with zero attached hydrogens (tertiary/aromatic N) is 5. The van der Waals surface area contributed by atoms with E-state index in [0.717, 1.165) is 25.8 Å². The minimum absolute atomic E-state index is 0.00994. The van der Waals surface area contributed by atoms with E-state index >= 15 is 4.39 Å². The summed E-state index contributed by atoms with van der Waals surface area (Å²) in [6, 6.07) is 3.79. The van der Waals surface area contributed by atoms with Crippen molar-refractivity contribution < 1.29 is 23.8 Å². The average molecular weight is 600 g/mol. The number of hydrogen-bond donors (Lipinski definition) is 1. The third kappa shape index (κ3) is 5.30. The Kier molecular flexibility index (Phi) is 8.40. The number of phenolic OH excluding ortho intramolecular Hbond substituents is 1. The first-order chi connectivity index (χ1) is 20.0. The van der Waals surface area contributed by atoms with Gasteiger partial charge in [0.25, 0.3) is 5.91 Å². The lowest BCUT2D eigenvalue weighted by Crippen LogP contribution is -2.57. The largest absolute Gasteiger partial charge is 0.507 e. The summed E-state index contributed by atoms with van der Waals surface area (Å²) in [5, 5.41) is 10.6. The van der Waals surface area contributed by atoms with Crippen LogP contribution in [0.4, 0.5) is 10.2 Å². The van der Waals surface area contributed by atoms with Crippen molar-refractivity contribution >= 4 is 29.2 Å². The van der Waals surface area contributed by atoms with Crippen LogP contribution < -0.4 is 9.64 Å². The van der Waals surface area contributed by atoms with Gasteiger partial charge in [0, 0.05) is 37.8 Å². The van der Waals surface area contributed by atoms with Crippen LogP contribution in [0.5, 0.6) is 11.5 Å². The van der Waals surface area contributed by atoms with E-state index in [1.54, 1.807) is 9.80 Å². The Morgan fingerprint density at radius 3 is 2.76 bits per heavy atom. The van der Waals surface area contributed by atoms with Crippen LogP contribution in [0.25, 0.3) is 11.3 Å². The first-order valence-electron chi connectivity index (χ1n) is 14.5. The molecule has 11 heteroatoms. The highest BCUT2D eigenvalue weighted by Crippen LogP contribution is 2.48. The Hall–Kier alpha value is -3.37. The first-order valence-corrected chi connectivity index (χ1v) is 14.9. The normalized spacial score (nSPS) is 21.6. The first kappa shape index (κ1) is 30.1. The van der Waals surface area contributed by atoms with E-state index in [4.69, 9.17) is 21.3 Å². The summed E-state index contributed by atoms with van der Waals surface area (Å²) in [6.45, 7) is 12.5. The van der Waals surface area contributed by atoms with Gasteiger partial charge in [-0.3, -0.25) is 9.59 Å². The summed E-state index contributed by atoms with van der Waals surface area (Å²) < 4.78 is 21.5. The van der Waals surface area contributed by atoms with E-state index in [2.05, 4.69) is 44.2 Å². The molecule has 3 aliphatic rings. The number of rotatable bonds is 7. The summed E-state index contributed by atoms with van der Waals surface area (Å²) in [5.41, 5.74) is -0.331. The summed E-state index contributed by atoms with van der Waals surface area (Å²) in [7, 11) is 2.11. The van der Waals surface area contributed by atoms with Crippen molar-refractivity contribution in [3.05, 3.63) is 47.3 Å². The molecule has 1 aromatic carbocycles. The van der Waals surface area contributed by atoms with E-state index in [0.29, 0.717) is 25.5 Å². The maximum absolute atomic E-state index is 15.2. The fourth-order valence-corrected chi connectivity index (χ4v) is 6.64. The summed E-state index contributed by atoms with van der Waals surface area (Å²) in [6.07, 6.45) is 4.25. The quantitative estimate of drug-likeness (QED) is 0.467. The van der Waals surface area contributed by atoms with E-state index in [1.165, 1.54) is 24.3 Å². The number of ether oxygens (including phenoxy) is 1. The van der Waals surface area contributed by atoms with Crippen LogP contribution in [0.1, 0.15) is 50.4 Å². The number of anilines is 1. The summed E-state index contributed by atoms with van der Waals surface area (Å²) in [5.74, 6) is -1.06. The number of phenols is 1. The lowest BCUT2D eigenvalue weighted by Gasteiger charge is -2.40. The second-order valence-corrected chi connectivity index (χ2v) is 12.4. The molecule has 3 aliphatic heterocycles. The van der Waals surface area contributed by atoms with Crippen LogP contribution in [0.3, 0.4) is 0 Å². The molecule has 1 N–H and O–H groups in total. The molecule has 2 atom stereocenters. The van der Waals surface area contributed by atoms with Crippen molar-refractivity contribution in [2.24, 2.45) is 0 Å². The number of amides is 2. The molecule has 2 unspecified atom stereocenters. The van der Waals surface area contributed by atoms with Gasteiger partial charge in [0.05, 0.1) is 11.6 Å². The molecule has 0 saturated carbocycles. The number of hydrogen-bond acceptors (Lipinski definition) is 7. The van der Waals surface area contributed by atoms with Gasteiger partial charge in [-0.1, -0.05) is 37.6 Å². The molecule has 9 nitrogen and oxygen atoms in total. The van der Waals surface area contributed by atoms with Crippen LogP contribution in [-0.2, 0) is 4.79 Å². The topological polar surface area (TPSA) is 89.5 Å². The zero-order chi connectivity index (χ0) is 30.3. The van der Waals surface area contributed by atoms with Gasteiger partial charge in [-0.2, -0.15) is 0 Å². The lowest BCUT2D eigenvalue weighted by molar-refractivity contribution is -0.128. The van der Waals surface area contributed by atoms with E-state index in [9.17, 15) is 14.7 Å². The molecule has 2 aromatic rings. The van der Waals surface area contributed by atoms with E-state index in [-0.39, 0.29) is 64.4 Å². The van der Waals surface area contributed by atoms with Crippen LogP contribution in [0.15, 0.2) is 30.9 Å². The standard InChI is InChI=1S/C31H39ClFN5O4/c1-6-8-12-35(5)19-15-31(3,4)38(17-19)29-25-28(26(32)27(34-29)24-21(33)10-9-11-22(24)39)42-18-20-16-36(23(40)7-2)13-14-37(20)30(25)41/h7,9-11,19-20,39H,2,6,8,12-18H2,1,3-5H3.